The molecule has 0 heterocycles. The molecule has 0 aliphatic heterocycles. The molecule has 0 aliphatic carbocycles. The minimum Gasteiger partial charge on any atom is -0.449 e. The monoisotopic (exact) mass is 674 g/mol. The van der Waals surface area contributed by atoms with E-state index in [1.165, 1.54) is 0 Å². The molecule has 0 spiro atoms. The van der Waals surface area contributed by atoms with Gasteiger partial charge in [-0.05, 0) is 78.6 Å². The Morgan fingerprint density at radius 1 is 0.314 bits per heavy atom. The van der Waals surface area contributed by atoms with Crippen LogP contribution in [0.15, 0.2) is 73.7 Å². The van der Waals surface area contributed by atoms with Crippen molar-refractivity contribution in [1.29, 1.82) is 0 Å². The molecule has 3 nitrogen and oxygen atoms in total. The van der Waals surface area contributed by atoms with E-state index in [4.69, 9.17) is 12.3 Å². The van der Waals surface area contributed by atoms with Crippen LogP contribution in [0.1, 0.15) is 0 Å². The molecular formula is C24H54Ni2O3Si6. The predicted molar refractivity (Wildman–Crippen MR) is 169 cm³/mol. The summed E-state index contributed by atoms with van der Waals surface area (Å²) >= 11 is 0. The number of hydrogen-bond donors (Lipinski definition) is 0. The fourth-order valence-corrected chi connectivity index (χ4v) is 20.6. The van der Waals surface area contributed by atoms with E-state index >= 15 is 0 Å². The van der Waals surface area contributed by atoms with E-state index in [0.717, 1.165) is 0 Å². The Morgan fingerprint density at radius 2 is 0.400 bits per heavy atom. The summed E-state index contributed by atoms with van der Waals surface area (Å²) in [5.41, 5.74) is 11.8. The second kappa shape index (κ2) is 18.8. The van der Waals surface area contributed by atoms with Crippen LogP contribution in [0.5, 0.6) is 0 Å². The molecule has 35 heavy (non-hydrogen) atoms. The van der Waals surface area contributed by atoms with Crippen LogP contribution in [-0.4, -0.2) is 49.9 Å². The Balaban J connectivity index is -0.000000125. The first kappa shape index (κ1) is 45.5. The smallest absolute Gasteiger partial charge is 0.198 e. The minimum atomic E-state index is -1.58. The van der Waals surface area contributed by atoms with Crippen molar-refractivity contribution in [3.63, 3.8) is 0 Å². The molecule has 0 aromatic carbocycles. The third kappa shape index (κ3) is 27.5. The maximum atomic E-state index is 5.97. The summed E-state index contributed by atoms with van der Waals surface area (Å²) in [7, 11) is -9.48. The zero-order valence-electron chi connectivity index (χ0n) is 24.6. The Morgan fingerprint density at radius 3 is 0.457 bits per heavy atom. The van der Waals surface area contributed by atoms with Crippen molar-refractivity contribution in [2.24, 2.45) is 0 Å². The normalized spacial score (nSPS) is 12.0. The molecule has 11 heteroatoms. The molecule has 0 aliphatic rings. The summed E-state index contributed by atoms with van der Waals surface area (Å²) in [4.78, 5) is 0. The van der Waals surface area contributed by atoms with Gasteiger partial charge in [-0.25, -0.2) is 0 Å². The molecule has 0 aromatic heterocycles. The zero-order chi connectivity index (χ0) is 27.4. The van der Waals surface area contributed by atoms with Crippen LogP contribution in [0.25, 0.3) is 0 Å². The molecule has 0 saturated heterocycles. The van der Waals surface area contributed by atoms with Crippen LogP contribution in [0.4, 0.5) is 0 Å². The first-order valence-corrected chi connectivity index (χ1v) is 29.3. The summed E-state index contributed by atoms with van der Waals surface area (Å²) in [6.07, 6.45) is 0. The second-order valence-corrected chi connectivity index (χ2v) is 35.3. The van der Waals surface area contributed by atoms with E-state index in [9.17, 15) is 0 Å². The number of hydrogen-bond acceptors (Lipinski definition) is 3. The Kier molecular flexibility index (Phi) is 24.4. The van der Waals surface area contributed by atoms with E-state index in [1.54, 1.807) is 0 Å². The first-order chi connectivity index (χ1) is 14.5. The molecule has 0 saturated carbocycles. The van der Waals surface area contributed by atoms with Crippen molar-refractivity contribution in [3.8, 4) is 0 Å². The summed E-state index contributed by atoms with van der Waals surface area (Å²) in [5, 5.41) is 0. The maximum absolute atomic E-state index is 5.97. The summed E-state index contributed by atoms with van der Waals surface area (Å²) in [6, 6.07) is 0. The van der Waals surface area contributed by atoms with Crippen molar-refractivity contribution < 1.29 is 45.3 Å². The van der Waals surface area contributed by atoms with Gasteiger partial charge in [-0.15, -0.1) is 39.5 Å². The molecule has 0 rings (SSSR count). The fraction of sp³-hybridized carbons (Fsp3) is 0.500. The molecule has 212 valence electrons. The van der Waals surface area contributed by atoms with Gasteiger partial charge in [0.25, 0.3) is 0 Å². The third-order valence-corrected chi connectivity index (χ3v) is 23.1. The first-order valence-electron chi connectivity index (χ1n) is 11.4. The van der Waals surface area contributed by atoms with Gasteiger partial charge in [0.2, 0.25) is 0 Å². The zero-order valence-corrected chi connectivity index (χ0v) is 32.5. The molecule has 0 aromatic rings. The van der Waals surface area contributed by atoms with Gasteiger partial charge in [-0.2, -0.15) is 0 Å². The van der Waals surface area contributed by atoms with Crippen LogP contribution in [0.3, 0.4) is 0 Å². The average molecular weight is 677 g/mol. The molecule has 0 bridgehead atoms. The molecule has 0 radical (unpaired) electrons. The molecule has 0 N–H and O–H groups in total. The molecule has 0 atom stereocenters. The average Bonchev–Trinajstić information content (AvgIpc) is 2.67. The van der Waals surface area contributed by atoms with Crippen molar-refractivity contribution in [1.82, 2.24) is 0 Å². The van der Waals surface area contributed by atoms with Gasteiger partial charge < -0.3 is 12.3 Å². The van der Waals surface area contributed by atoms with E-state index in [-0.39, 0.29) is 33.0 Å². The Hall–Kier alpha value is 0.608. The minimum absolute atomic E-state index is 0. The van der Waals surface area contributed by atoms with E-state index in [2.05, 4.69) is 118 Å². The largest absolute Gasteiger partial charge is 0.449 e. The molecule has 0 fully saturated rings. The van der Waals surface area contributed by atoms with Gasteiger partial charge in [0.05, 0.1) is 0 Å². The van der Waals surface area contributed by atoms with E-state index in [0.29, 0.717) is 0 Å². The van der Waals surface area contributed by atoms with Crippen LogP contribution < -0.4 is 0 Å². The second-order valence-electron chi connectivity index (χ2n) is 11.2. The van der Waals surface area contributed by atoms with E-state index in [1.807, 2.05) is 34.2 Å². The standard InChI is InChI=1S/3C8H18OSi2.2Ni/c3*1-7-10(3,4)9-11(5,6)8-2;;/h3*7-8H,1-2H2,3-6H3;;. The molecule has 0 amide bonds. The van der Waals surface area contributed by atoms with Gasteiger partial charge in [0, 0.05) is 33.0 Å². The van der Waals surface area contributed by atoms with Crippen LogP contribution in [0, 0.1) is 0 Å². The van der Waals surface area contributed by atoms with Gasteiger partial charge in [0.15, 0.2) is 49.9 Å². The summed E-state index contributed by atoms with van der Waals surface area (Å²) in [6.45, 7) is 48.5. The summed E-state index contributed by atoms with van der Waals surface area (Å²) in [5.74, 6) is 0. The van der Waals surface area contributed by atoms with Crippen molar-refractivity contribution in [2.45, 2.75) is 78.6 Å². The summed E-state index contributed by atoms with van der Waals surface area (Å²) < 4.78 is 17.9. The molecular weight excluding hydrogens is 622 g/mol. The SMILES string of the molecule is C=C[Si](C)(C)O[Si](C)(C)C=C.C=C[Si](C)(C)O[Si](C)(C)C=C.C=C[Si](C)(C)O[Si](C)(C)C=C.[Ni].[Ni]. The van der Waals surface area contributed by atoms with Gasteiger partial charge >= 0.3 is 0 Å². The van der Waals surface area contributed by atoms with Crippen molar-refractivity contribution >= 4 is 49.9 Å². The van der Waals surface area contributed by atoms with E-state index < -0.39 is 49.9 Å². The fourth-order valence-electron chi connectivity index (χ4n) is 2.28. The third-order valence-electron chi connectivity index (χ3n) is 4.53. The quantitative estimate of drug-likeness (QED) is 0.194. The predicted octanol–water partition coefficient (Wildman–Crippen LogP) is 8.59. The van der Waals surface area contributed by atoms with Gasteiger partial charge in [-0.3, -0.25) is 0 Å². The maximum Gasteiger partial charge on any atom is 0.198 e. The van der Waals surface area contributed by atoms with Crippen LogP contribution >= 0.6 is 0 Å². The van der Waals surface area contributed by atoms with Gasteiger partial charge in [-0.1, -0.05) is 34.2 Å². The van der Waals surface area contributed by atoms with Crippen LogP contribution in [0.2, 0.25) is 78.6 Å². The van der Waals surface area contributed by atoms with Crippen LogP contribution in [-0.2, 0) is 45.3 Å². The Labute approximate surface area is 245 Å². The van der Waals surface area contributed by atoms with Crippen molar-refractivity contribution in [2.75, 3.05) is 0 Å². The topological polar surface area (TPSA) is 27.7 Å². The van der Waals surface area contributed by atoms with Gasteiger partial charge in [0.1, 0.15) is 0 Å². The van der Waals surface area contributed by atoms with Crippen molar-refractivity contribution in [3.05, 3.63) is 73.7 Å². The Bertz CT molecular complexity index is 532. The number of rotatable bonds is 12. The molecule has 0 unspecified atom stereocenters.